The highest BCUT2D eigenvalue weighted by Gasteiger charge is 2.03. The first-order valence-corrected chi connectivity index (χ1v) is 5.77. The molecule has 0 aliphatic rings. The summed E-state index contributed by atoms with van der Waals surface area (Å²) in [6, 6.07) is 6.44. The van der Waals surface area contributed by atoms with E-state index >= 15 is 0 Å². The Bertz CT molecular complexity index is 326. The Morgan fingerprint density at radius 1 is 1.38 bits per heavy atom. The summed E-state index contributed by atoms with van der Waals surface area (Å²) < 4.78 is 5.67. The summed E-state index contributed by atoms with van der Waals surface area (Å²) in [4.78, 5) is 0. The molecule has 0 amide bonds. The molecule has 3 N–H and O–H groups in total. The fourth-order valence-corrected chi connectivity index (χ4v) is 1.56. The van der Waals surface area contributed by atoms with E-state index in [-0.39, 0.29) is 12.6 Å². The molecule has 3 nitrogen and oxygen atoms in total. The third kappa shape index (κ3) is 4.21. The van der Waals surface area contributed by atoms with E-state index in [0.717, 1.165) is 12.3 Å². The summed E-state index contributed by atoms with van der Waals surface area (Å²) in [6.07, 6.45) is 0. The number of quaternary nitrogens is 1. The number of ether oxygens (including phenoxy) is 1. The van der Waals surface area contributed by atoms with Crippen molar-refractivity contribution in [2.75, 3.05) is 19.8 Å². The van der Waals surface area contributed by atoms with E-state index in [9.17, 15) is 0 Å². The summed E-state index contributed by atoms with van der Waals surface area (Å²) in [6.45, 7) is 7.89. The quantitative estimate of drug-likeness (QED) is 0.696. The molecule has 3 heteroatoms. The number of hydrogen-bond acceptors (Lipinski definition) is 2. The molecular formula is C13H22NO2+. The Balaban J connectivity index is 2.32. The van der Waals surface area contributed by atoms with Crippen LogP contribution in [0.25, 0.3) is 0 Å². The lowest BCUT2D eigenvalue weighted by Crippen LogP contribution is -2.91. The van der Waals surface area contributed by atoms with Gasteiger partial charge in [0.15, 0.2) is 0 Å². The topological polar surface area (TPSA) is 46.1 Å². The van der Waals surface area contributed by atoms with E-state index < -0.39 is 0 Å². The van der Waals surface area contributed by atoms with E-state index in [4.69, 9.17) is 9.84 Å². The van der Waals surface area contributed by atoms with Gasteiger partial charge in [0.05, 0.1) is 6.61 Å². The van der Waals surface area contributed by atoms with Crippen LogP contribution in [0.1, 0.15) is 18.1 Å². The minimum atomic E-state index is 0.212. The van der Waals surface area contributed by atoms with Gasteiger partial charge >= 0.3 is 0 Å². The van der Waals surface area contributed by atoms with Crippen LogP contribution in [0.3, 0.4) is 0 Å². The molecule has 0 aliphatic heterocycles. The molecule has 0 radical (unpaired) electrons. The van der Waals surface area contributed by atoms with Gasteiger partial charge in [-0.2, -0.15) is 0 Å². The number of hydrogen-bond donors (Lipinski definition) is 2. The van der Waals surface area contributed by atoms with Crippen molar-refractivity contribution in [1.29, 1.82) is 0 Å². The van der Waals surface area contributed by atoms with Gasteiger partial charge in [0.1, 0.15) is 24.9 Å². The van der Waals surface area contributed by atoms with Gasteiger partial charge in [0.2, 0.25) is 0 Å². The smallest absolute Gasteiger partial charge is 0.137 e. The van der Waals surface area contributed by atoms with Gasteiger partial charge in [-0.25, -0.2) is 0 Å². The molecule has 1 atom stereocenters. The first-order chi connectivity index (χ1) is 7.63. The van der Waals surface area contributed by atoms with E-state index in [1.165, 1.54) is 11.1 Å². The molecule has 0 aliphatic carbocycles. The predicted octanol–water partition coefficient (Wildman–Crippen LogP) is 0.626. The number of benzene rings is 1. The third-order valence-electron chi connectivity index (χ3n) is 2.56. The number of aliphatic hydroxyl groups is 1. The molecule has 16 heavy (non-hydrogen) atoms. The summed E-state index contributed by atoms with van der Waals surface area (Å²) in [5.74, 6) is 0.954. The molecule has 0 saturated heterocycles. The van der Waals surface area contributed by atoms with E-state index in [1.807, 2.05) is 13.0 Å². The van der Waals surface area contributed by atoms with E-state index in [0.29, 0.717) is 6.61 Å². The maximum absolute atomic E-state index is 8.85. The molecule has 0 heterocycles. The Hall–Kier alpha value is -1.06. The molecule has 0 saturated carbocycles. The molecule has 0 spiro atoms. The third-order valence-corrected chi connectivity index (χ3v) is 2.56. The van der Waals surface area contributed by atoms with Gasteiger partial charge < -0.3 is 15.2 Å². The minimum Gasteiger partial charge on any atom is -0.487 e. The number of aryl methyl sites for hydroxylation is 2. The first kappa shape index (κ1) is 13.0. The average Bonchev–Trinajstić information content (AvgIpc) is 2.26. The van der Waals surface area contributed by atoms with Crippen LogP contribution in [0.4, 0.5) is 0 Å². The van der Waals surface area contributed by atoms with Crippen molar-refractivity contribution in [2.45, 2.75) is 26.8 Å². The Labute approximate surface area is 97.4 Å². The molecule has 1 aromatic rings. The molecule has 0 unspecified atom stereocenters. The fourth-order valence-electron chi connectivity index (χ4n) is 1.56. The van der Waals surface area contributed by atoms with Crippen LogP contribution in [0, 0.1) is 13.8 Å². The van der Waals surface area contributed by atoms with Crippen molar-refractivity contribution in [3.63, 3.8) is 0 Å². The zero-order chi connectivity index (χ0) is 12.0. The second-order valence-electron chi connectivity index (χ2n) is 4.30. The highest BCUT2D eigenvalue weighted by molar-refractivity contribution is 5.35. The Morgan fingerprint density at radius 2 is 2.12 bits per heavy atom. The Kier molecular flexibility index (Phi) is 5.29. The highest BCUT2D eigenvalue weighted by Crippen LogP contribution is 2.18. The molecule has 0 bridgehead atoms. The molecule has 1 aromatic carbocycles. The highest BCUT2D eigenvalue weighted by atomic mass is 16.5. The van der Waals surface area contributed by atoms with Gasteiger partial charge in [0, 0.05) is 0 Å². The van der Waals surface area contributed by atoms with Crippen molar-refractivity contribution < 1.29 is 15.2 Å². The largest absolute Gasteiger partial charge is 0.487 e. The van der Waals surface area contributed by atoms with Crippen LogP contribution < -0.4 is 10.1 Å². The summed E-state index contributed by atoms with van der Waals surface area (Å²) in [5, 5.41) is 10.9. The zero-order valence-corrected chi connectivity index (χ0v) is 10.4. The maximum Gasteiger partial charge on any atom is 0.137 e. The predicted molar refractivity (Wildman–Crippen MR) is 64.8 cm³/mol. The van der Waals surface area contributed by atoms with Crippen molar-refractivity contribution in [2.24, 2.45) is 0 Å². The summed E-state index contributed by atoms with van der Waals surface area (Å²) in [7, 11) is 0. The molecule has 0 aromatic heterocycles. The molecule has 1 rings (SSSR count). The van der Waals surface area contributed by atoms with Gasteiger partial charge in [-0.3, -0.25) is 0 Å². The summed E-state index contributed by atoms with van der Waals surface area (Å²) >= 11 is 0. The van der Waals surface area contributed by atoms with Gasteiger partial charge in [-0.15, -0.1) is 0 Å². The Morgan fingerprint density at radius 3 is 2.75 bits per heavy atom. The van der Waals surface area contributed by atoms with Crippen molar-refractivity contribution >= 4 is 0 Å². The lowest BCUT2D eigenvalue weighted by atomic mass is 10.1. The minimum absolute atomic E-state index is 0.212. The van der Waals surface area contributed by atoms with Crippen LogP contribution in [0.5, 0.6) is 5.75 Å². The van der Waals surface area contributed by atoms with Crippen LogP contribution in [-0.4, -0.2) is 30.9 Å². The lowest BCUT2D eigenvalue weighted by Gasteiger charge is -2.11. The molecule has 0 fully saturated rings. The lowest BCUT2D eigenvalue weighted by molar-refractivity contribution is -0.688. The van der Waals surface area contributed by atoms with Crippen LogP contribution >= 0.6 is 0 Å². The van der Waals surface area contributed by atoms with E-state index in [1.54, 1.807) is 0 Å². The normalized spacial score (nSPS) is 12.5. The monoisotopic (exact) mass is 224 g/mol. The summed E-state index contributed by atoms with van der Waals surface area (Å²) in [5.41, 5.74) is 2.43. The number of rotatable bonds is 6. The van der Waals surface area contributed by atoms with Gasteiger partial charge in [-0.1, -0.05) is 17.7 Å². The van der Waals surface area contributed by atoms with Crippen molar-refractivity contribution in [1.82, 2.24) is 0 Å². The fraction of sp³-hybridized carbons (Fsp3) is 0.538. The molecule has 90 valence electrons. The number of nitrogens with two attached hydrogens (primary N) is 1. The standard InChI is InChI=1S/C13H21NO2/c1-10-4-5-13(11(2)8-10)16-7-6-14-12(3)9-15/h4-5,8,12,14-15H,6-7,9H2,1-3H3/p+1/t12-/m1/s1. The van der Waals surface area contributed by atoms with Crippen LogP contribution in [-0.2, 0) is 0 Å². The second kappa shape index (κ2) is 6.51. The van der Waals surface area contributed by atoms with Crippen LogP contribution in [0.2, 0.25) is 0 Å². The van der Waals surface area contributed by atoms with Crippen molar-refractivity contribution in [3.8, 4) is 5.75 Å². The van der Waals surface area contributed by atoms with E-state index in [2.05, 4.69) is 31.3 Å². The SMILES string of the molecule is Cc1ccc(OCC[NH2+][C@H](C)CO)c(C)c1. The second-order valence-corrected chi connectivity index (χ2v) is 4.30. The van der Waals surface area contributed by atoms with Crippen LogP contribution in [0.15, 0.2) is 18.2 Å². The maximum atomic E-state index is 8.85. The first-order valence-electron chi connectivity index (χ1n) is 5.77. The van der Waals surface area contributed by atoms with Gasteiger partial charge in [-0.05, 0) is 32.4 Å². The zero-order valence-electron chi connectivity index (χ0n) is 10.4. The van der Waals surface area contributed by atoms with Gasteiger partial charge in [0.25, 0.3) is 0 Å². The van der Waals surface area contributed by atoms with Crippen molar-refractivity contribution in [3.05, 3.63) is 29.3 Å². The number of aliphatic hydroxyl groups excluding tert-OH is 1. The average molecular weight is 224 g/mol. The molecular weight excluding hydrogens is 202 g/mol.